The maximum Gasteiger partial charge on any atom is 0.219 e. The predicted molar refractivity (Wildman–Crippen MR) is 85.2 cm³/mol. The average molecular weight is 306 g/mol. The Balaban J connectivity index is 2.32. The summed E-state index contributed by atoms with van der Waals surface area (Å²) in [6, 6.07) is 9.23. The summed E-state index contributed by atoms with van der Waals surface area (Å²) in [5, 5.41) is 10.1. The topological polar surface area (TPSA) is 42.4 Å². The largest absolute Gasteiger partial charge is 0.439 e. The van der Waals surface area contributed by atoms with Crippen molar-refractivity contribution in [3.8, 4) is 11.6 Å². The number of halogens is 1. The van der Waals surface area contributed by atoms with Crippen LogP contribution < -0.4 is 4.74 Å². The molecule has 0 saturated heterocycles. The molecule has 0 spiro atoms. The third-order valence-electron chi connectivity index (χ3n) is 3.28. The zero-order chi connectivity index (χ0) is 15.4. The molecular formula is C17H20ClNO2. The highest BCUT2D eigenvalue weighted by atomic mass is 35.5. The van der Waals surface area contributed by atoms with Gasteiger partial charge in [0.25, 0.3) is 0 Å². The Morgan fingerprint density at radius 1 is 1.24 bits per heavy atom. The fourth-order valence-electron chi connectivity index (χ4n) is 2.03. The number of aryl methyl sites for hydroxylation is 1. The quantitative estimate of drug-likeness (QED) is 0.870. The van der Waals surface area contributed by atoms with Gasteiger partial charge >= 0.3 is 0 Å². The molecule has 0 aliphatic carbocycles. The molecule has 1 aromatic heterocycles. The Bertz CT molecular complexity index is 626. The van der Waals surface area contributed by atoms with E-state index in [1.54, 1.807) is 6.07 Å². The van der Waals surface area contributed by atoms with Gasteiger partial charge in [-0.2, -0.15) is 0 Å². The molecule has 1 aromatic carbocycles. The molecule has 2 rings (SSSR count). The van der Waals surface area contributed by atoms with E-state index < -0.39 is 0 Å². The van der Waals surface area contributed by atoms with Gasteiger partial charge in [0.1, 0.15) is 5.75 Å². The van der Waals surface area contributed by atoms with Crippen LogP contribution in [0.2, 0.25) is 5.02 Å². The second-order valence-corrected chi connectivity index (χ2v) is 5.67. The number of nitrogens with zero attached hydrogens (tertiary/aromatic N) is 1. The minimum absolute atomic E-state index is 0.0283. The van der Waals surface area contributed by atoms with E-state index in [9.17, 15) is 5.11 Å². The predicted octanol–water partition coefficient (Wildman–Crippen LogP) is 4.71. The minimum Gasteiger partial charge on any atom is -0.439 e. The molecule has 3 nitrogen and oxygen atoms in total. The van der Waals surface area contributed by atoms with Gasteiger partial charge in [-0.25, -0.2) is 4.98 Å². The normalized spacial score (nSPS) is 11.0. The highest BCUT2D eigenvalue weighted by Gasteiger charge is 2.09. The molecule has 0 bridgehead atoms. The van der Waals surface area contributed by atoms with Crippen molar-refractivity contribution >= 4 is 11.6 Å². The third-order valence-corrected chi connectivity index (χ3v) is 3.64. The molecule has 2 aromatic rings. The van der Waals surface area contributed by atoms with Crippen LogP contribution in [-0.2, 0) is 13.0 Å². The zero-order valence-corrected chi connectivity index (χ0v) is 13.3. The van der Waals surface area contributed by atoms with Gasteiger partial charge in [-0.3, -0.25) is 0 Å². The van der Waals surface area contributed by atoms with Crippen molar-refractivity contribution < 1.29 is 9.84 Å². The van der Waals surface area contributed by atoms with E-state index in [4.69, 9.17) is 16.3 Å². The summed E-state index contributed by atoms with van der Waals surface area (Å²) >= 11 is 6.11. The van der Waals surface area contributed by atoms with Gasteiger partial charge in [-0.15, -0.1) is 0 Å². The van der Waals surface area contributed by atoms with Crippen LogP contribution >= 0.6 is 11.6 Å². The lowest BCUT2D eigenvalue weighted by atomic mass is 10.1. The smallest absolute Gasteiger partial charge is 0.219 e. The first kappa shape index (κ1) is 15.8. The lowest BCUT2D eigenvalue weighted by Gasteiger charge is -2.12. The van der Waals surface area contributed by atoms with Crippen molar-refractivity contribution in [2.24, 2.45) is 0 Å². The zero-order valence-electron chi connectivity index (χ0n) is 12.6. The van der Waals surface area contributed by atoms with Crippen LogP contribution in [0.3, 0.4) is 0 Å². The van der Waals surface area contributed by atoms with E-state index in [0.29, 0.717) is 11.6 Å². The summed E-state index contributed by atoms with van der Waals surface area (Å²) < 4.78 is 5.83. The van der Waals surface area contributed by atoms with E-state index in [1.807, 2.05) is 31.2 Å². The Hall–Kier alpha value is -1.58. The Labute approximate surface area is 130 Å². The Kier molecular flexibility index (Phi) is 5.21. The van der Waals surface area contributed by atoms with Crippen molar-refractivity contribution in [3.63, 3.8) is 0 Å². The number of aliphatic hydroxyl groups excluding tert-OH is 1. The summed E-state index contributed by atoms with van der Waals surface area (Å²) in [6.45, 7) is 6.14. The van der Waals surface area contributed by atoms with Crippen LogP contribution in [0.1, 0.15) is 43.5 Å². The van der Waals surface area contributed by atoms with Crippen molar-refractivity contribution in [2.75, 3.05) is 0 Å². The van der Waals surface area contributed by atoms with Crippen LogP contribution in [0, 0.1) is 0 Å². The van der Waals surface area contributed by atoms with Gasteiger partial charge in [-0.1, -0.05) is 32.4 Å². The maximum absolute atomic E-state index is 9.35. The number of ether oxygens (including phenoxy) is 1. The van der Waals surface area contributed by atoms with E-state index in [0.717, 1.165) is 28.3 Å². The van der Waals surface area contributed by atoms with E-state index in [1.165, 1.54) is 0 Å². The second kappa shape index (κ2) is 6.92. The van der Waals surface area contributed by atoms with E-state index >= 15 is 0 Å². The fourth-order valence-corrected chi connectivity index (χ4v) is 2.28. The highest BCUT2D eigenvalue weighted by Crippen LogP contribution is 2.27. The van der Waals surface area contributed by atoms with Gasteiger partial charge in [-0.05, 0) is 47.7 Å². The van der Waals surface area contributed by atoms with Crippen LogP contribution in [-0.4, -0.2) is 10.1 Å². The lowest BCUT2D eigenvalue weighted by Crippen LogP contribution is -1.99. The van der Waals surface area contributed by atoms with Crippen molar-refractivity contribution in [1.29, 1.82) is 0 Å². The molecule has 0 radical (unpaired) electrons. The molecule has 112 valence electrons. The van der Waals surface area contributed by atoms with E-state index in [2.05, 4.69) is 18.8 Å². The van der Waals surface area contributed by atoms with Crippen LogP contribution in [0.5, 0.6) is 11.6 Å². The van der Waals surface area contributed by atoms with Gasteiger partial charge < -0.3 is 9.84 Å². The Morgan fingerprint density at radius 2 is 2.00 bits per heavy atom. The number of aliphatic hydroxyl groups is 1. The summed E-state index contributed by atoms with van der Waals surface area (Å²) in [5.74, 6) is 1.47. The summed E-state index contributed by atoms with van der Waals surface area (Å²) in [7, 11) is 0. The lowest BCUT2D eigenvalue weighted by molar-refractivity contribution is 0.280. The molecule has 0 saturated carbocycles. The molecule has 0 aliphatic rings. The van der Waals surface area contributed by atoms with Crippen LogP contribution in [0.4, 0.5) is 0 Å². The average Bonchev–Trinajstić information content (AvgIpc) is 2.48. The SMILES string of the molecule is CCc1cc(Oc2cc(CO)cc(C(C)C)n2)ccc1Cl. The Morgan fingerprint density at radius 3 is 2.62 bits per heavy atom. The molecule has 0 aliphatic heterocycles. The highest BCUT2D eigenvalue weighted by molar-refractivity contribution is 6.31. The van der Waals surface area contributed by atoms with Gasteiger partial charge in [0.15, 0.2) is 0 Å². The molecule has 4 heteroatoms. The molecule has 1 heterocycles. The minimum atomic E-state index is -0.0283. The monoisotopic (exact) mass is 305 g/mol. The summed E-state index contributed by atoms with van der Waals surface area (Å²) in [4.78, 5) is 4.49. The van der Waals surface area contributed by atoms with Crippen molar-refractivity contribution in [3.05, 3.63) is 52.2 Å². The molecule has 21 heavy (non-hydrogen) atoms. The summed E-state index contributed by atoms with van der Waals surface area (Å²) in [6.07, 6.45) is 0.845. The fraction of sp³-hybridized carbons (Fsp3) is 0.353. The first-order chi connectivity index (χ1) is 10.0. The number of hydrogen-bond donors (Lipinski definition) is 1. The van der Waals surface area contributed by atoms with Gasteiger partial charge in [0, 0.05) is 16.8 Å². The van der Waals surface area contributed by atoms with E-state index in [-0.39, 0.29) is 12.5 Å². The molecule has 0 fully saturated rings. The van der Waals surface area contributed by atoms with Crippen LogP contribution in [0.25, 0.3) is 0 Å². The standard InChI is InChI=1S/C17H20ClNO2/c1-4-13-9-14(5-6-15(13)18)21-17-8-12(10-20)7-16(19-17)11(2)3/h5-9,11,20H,4,10H2,1-3H3. The first-order valence-electron chi connectivity index (χ1n) is 7.11. The molecule has 0 unspecified atom stereocenters. The molecule has 0 amide bonds. The van der Waals surface area contributed by atoms with Crippen molar-refractivity contribution in [1.82, 2.24) is 4.98 Å². The maximum atomic E-state index is 9.35. The number of benzene rings is 1. The number of rotatable bonds is 5. The molecule has 0 atom stereocenters. The number of aromatic nitrogens is 1. The molecular weight excluding hydrogens is 286 g/mol. The van der Waals surface area contributed by atoms with Gasteiger partial charge in [0.05, 0.1) is 6.61 Å². The number of hydrogen-bond acceptors (Lipinski definition) is 3. The van der Waals surface area contributed by atoms with Crippen LogP contribution in [0.15, 0.2) is 30.3 Å². The molecule has 1 N–H and O–H groups in total. The first-order valence-corrected chi connectivity index (χ1v) is 7.49. The van der Waals surface area contributed by atoms with Crippen molar-refractivity contribution in [2.45, 2.75) is 39.7 Å². The second-order valence-electron chi connectivity index (χ2n) is 5.26. The number of pyridine rings is 1. The summed E-state index contributed by atoms with van der Waals surface area (Å²) in [5.41, 5.74) is 2.74. The van der Waals surface area contributed by atoms with Gasteiger partial charge in [0.2, 0.25) is 5.88 Å². The third kappa shape index (κ3) is 3.96.